The minimum atomic E-state index is -0.156. The number of hydrogen-bond donors (Lipinski definition) is 0. The Bertz CT molecular complexity index is 908. The maximum atomic E-state index is 12.3. The van der Waals surface area contributed by atoms with Crippen molar-refractivity contribution in [3.05, 3.63) is 95.2 Å². The van der Waals surface area contributed by atoms with E-state index < -0.39 is 0 Å². The van der Waals surface area contributed by atoms with Gasteiger partial charge in [0, 0.05) is 12.0 Å². The zero-order valence-corrected chi connectivity index (χ0v) is 15.6. The van der Waals surface area contributed by atoms with Gasteiger partial charge in [-0.05, 0) is 48.8 Å². The van der Waals surface area contributed by atoms with Gasteiger partial charge in [-0.25, -0.2) is 0 Å². The minimum absolute atomic E-state index is 0.0944. The number of allylic oxidation sites excluding steroid dienone is 16. The van der Waals surface area contributed by atoms with Crippen LogP contribution in [-0.2, 0) is 9.59 Å². The fourth-order valence-electron chi connectivity index (χ4n) is 1.99. The summed E-state index contributed by atoms with van der Waals surface area (Å²) in [6.45, 7) is 3.58. The fourth-order valence-corrected chi connectivity index (χ4v) is 1.99. The quantitative estimate of drug-likeness (QED) is 0.375. The van der Waals surface area contributed by atoms with Crippen molar-refractivity contribution in [2.75, 3.05) is 0 Å². The Morgan fingerprint density at radius 1 is 0.926 bits per heavy atom. The normalized spacial score (nSPS) is 15.4. The molecule has 0 aromatic heterocycles. The summed E-state index contributed by atoms with van der Waals surface area (Å²) in [6, 6.07) is 0. The monoisotopic (exact) mass is 354 g/mol. The molecular weight excluding hydrogens is 332 g/mol. The molecule has 0 aromatic rings. The highest BCUT2D eigenvalue weighted by atomic mass is 16.1. The summed E-state index contributed by atoms with van der Waals surface area (Å²) in [5.74, 6) is 4.72. The molecule has 0 saturated carbocycles. The smallest absolute Gasteiger partial charge is 0.182 e. The third-order valence-corrected chi connectivity index (χ3v) is 3.55. The van der Waals surface area contributed by atoms with Crippen LogP contribution < -0.4 is 0 Å². The van der Waals surface area contributed by atoms with E-state index in [9.17, 15) is 9.59 Å². The molecule has 0 aromatic carbocycles. The summed E-state index contributed by atoms with van der Waals surface area (Å²) in [5, 5.41) is 0. The van der Waals surface area contributed by atoms with Crippen molar-refractivity contribution in [1.29, 1.82) is 0 Å². The van der Waals surface area contributed by atoms with Crippen LogP contribution in [0.4, 0.5) is 0 Å². The molecule has 134 valence electrons. The number of rotatable bonds is 7. The van der Waals surface area contributed by atoms with Gasteiger partial charge < -0.3 is 0 Å². The van der Waals surface area contributed by atoms with Gasteiger partial charge >= 0.3 is 0 Å². The van der Waals surface area contributed by atoms with Crippen molar-refractivity contribution >= 4 is 11.6 Å². The SMILES string of the molecule is C#C/C(C)=C\C=C\C(=O)/C=C/C1=CC=CC=C(C(=O)/C=C/C=C(/C)C#C)C1. The molecule has 0 amide bonds. The van der Waals surface area contributed by atoms with Gasteiger partial charge in [0.25, 0.3) is 0 Å². The first kappa shape index (κ1) is 21.4. The Hall–Kier alpha value is -3.62. The summed E-state index contributed by atoms with van der Waals surface area (Å²) in [6.07, 6.45) is 31.0. The van der Waals surface area contributed by atoms with Gasteiger partial charge in [-0.3, -0.25) is 9.59 Å². The number of carbonyl (C=O) groups excluding carboxylic acids is 2. The van der Waals surface area contributed by atoms with Crippen LogP contribution in [0.3, 0.4) is 0 Å². The molecule has 0 heterocycles. The molecule has 1 rings (SSSR count). The van der Waals surface area contributed by atoms with Crippen molar-refractivity contribution in [2.24, 2.45) is 0 Å². The molecule has 0 atom stereocenters. The average molecular weight is 354 g/mol. The van der Waals surface area contributed by atoms with Crippen LogP contribution in [-0.4, -0.2) is 11.6 Å². The van der Waals surface area contributed by atoms with Gasteiger partial charge in [-0.15, -0.1) is 12.8 Å². The molecular formula is C25H22O2. The summed E-state index contributed by atoms with van der Waals surface area (Å²) < 4.78 is 0. The van der Waals surface area contributed by atoms with Gasteiger partial charge in [0.1, 0.15) is 0 Å². The molecule has 0 N–H and O–H groups in total. The molecule has 0 bridgehead atoms. The van der Waals surface area contributed by atoms with Crippen molar-refractivity contribution in [3.8, 4) is 24.7 Å². The van der Waals surface area contributed by atoms with Crippen LogP contribution in [0.1, 0.15) is 20.3 Å². The molecule has 2 heteroatoms. The maximum Gasteiger partial charge on any atom is 0.182 e. The van der Waals surface area contributed by atoms with Gasteiger partial charge in [-0.2, -0.15) is 0 Å². The van der Waals surface area contributed by atoms with E-state index in [2.05, 4.69) is 11.8 Å². The Balaban J connectivity index is 2.76. The molecule has 0 spiro atoms. The topological polar surface area (TPSA) is 34.1 Å². The summed E-state index contributed by atoms with van der Waals surface area (Å²) in [5.41, 5.74) is 2.99. The van der Waals surface area contributed by atoms with Crippen LogP contribution in [0.25, 0.3) is 0 Å². The Labute approximate surface area is 161 Å². The number of terminal acetylenes is 2. The average Bonchev–Trinajstić information content (AvgIpc) is 2.91. The predicted molar refractivity (Wildman–Crippen MR) is 113 cm³/mol. The summed E-state index contributed by atoms with van der Waals surface area (Å²) >= 11 is 0. The predicted octanol–water partition coefficient (Wildman–Crippen LogP) is 4.76. The van der Waals surface area contributed by atoms with Crippen molar-refractivity contribution in [1.82, 2.24) is 0 Å². The lowest BCUT2D eigenvalue weighted by Crippen LogP contribution is -1.99. The Morgan fingerprint density at radius 2 is 1.52 bits per heavy atom. The molecule has 0 saturated heterocycles. The minimum Gasteiger partial charge on any atom is -0.290 e. The zero-order valence-electron chi connectivity index (χ0n) is 15.6. The highest BCUT2D eigenvalue weighted by Gasteiger charge is 2.08. The first-order valence-electron chi connectivity index (χ1n) is 8.42. The lowest BCUT2D eigenvalue weighted by molar-refractivity contribution is -0.111. The van der Waals surface area contributed by atoms with Gasteiger partial charge in [-0.1, -0.05) is 66.5 Å². The highest BCUT2D eigenvalue weighted by molar-refractivity contribution is 6.05. The maximum absolute atomic E-state index is 12.3. The standard InChI is InChI=1S/C25H22O2/c1-5-20(3)11-9-15-24(26)18-17-22-13-7-8-14-23(19-22)25(27)16-10-12-21(4)6-2/h1-2,7-18H,19H2,3-4H3/b15-9+,16-10+,18-17+,20-11-,21-12-. The van der Waals surface area contributed by atoms with Crippen LogP contribution in [0.2, 0.25) is 0 Å². The van der Waals surface area contributed by atoms with Gasteiger partial charge in [0.2, 0.25) is 0 Å². The number of hydrogen-bond acceptors (Lipinski definition) is 2. The Kier molecular flexibility index (Phi) is 9.40. The van der Waals surface area contributed by atoms with E-state index in [1.54, 1.807) is 56.4 Å². The molecule has 0 radical (unpaired) electrons. The molecule has 1 aliphatic rings. The summed E-state index contributed by atoms with van der Waals surface area (Å²) in [4.78, 5) is 24.2. The Morgan fingerprint density at radius 3 is 2.15 bits per heavy atom. The molecule has 1 aliphatic carbocycles. The molecule has 0 aliphatic heterocycles. The second-order valence-corrected chi connectivity index (χ2v) is 5.80. The first-order chi connectivity index (χ1) is 13.0. The highest BCUT2D eigenvalue weighted by Crippen LogP contribution is 2.17. The van der Waals surface area contributed by atoms with Crippen molar-refractivity contribution in [2.45, 2.75) is 20.3 Å². The largest absolute Gasteiger partial charge is 0.290 e. The lowest BCUT2D eigenvalue weighted by atomic mass is 10.0. The molecule has 0 unspecified atom stereocenters. The van der Waals surface area contributed by atoms with E-state index in [1.807, 2.05) is 12.2 Å². The molecule has 0 fully saturated rings. The third kappa shape index (κ3) is 8.87. The number of carbonyl (C=O) groups is 2. The lowest BCUT2D eigenvalue weighted by Gasteiger charge is -2.02. The van der Waals surface area contributed by atoms with Crippen molar-refractivity contribution in [3.63, 3.8) is 0 Å². The van der Waals surface area contributed by atoms with E-state index in [1.165, 1.54) is 18.2 Å². The fraction of sp³-hybridized carbons (Fsp3) is 0.120. The van der Waals surface area contributed by atoms with Gasteiger partial charge in [0.05, 0.1) is 0 Å². The van der Waals surface area contributed by atoms with E-state index in [-0.39, 0.29) is 11.6 Å². The molecule has 2 nitrogen and oxygen atoms in total. The van der Waals surface area contributed by atoms with E-state index in [4.69, 9.17) is 12.8 Å². The van der Waals surface area contributed by atoms with E-state index >= 15 is 0 Å². The summed E-state index contributed by atoms with van der Waals surface area (Å²) in [7, 11) is 0. The molecule has 27 heavy (non-hydrogen) atoms. The number of ketones is 2. The van der Waals surface area contributed by atoms with E-state index in [0.29, 0.717) is 12.0 Å². The van der Waals surface area contributed by atoms with E-state index in [0.717, 1.165) is 16.7 Å². The second-order valence-electron chi connectivity index (χ2n) is 5.80. The van der Waals surface area contributed by atoms with Crippen molar-refractivity contribution < 1.29 is 9.59 Å². The zero-order chi connectivity index (χ0) is 20.1. The van der Waals surface area contributed by atoms with Crippen LogP contribution in [0.5, 0.6) is 0 Å². The second kappa shape index (κ2) is 11.9. The van der Waals surface area contributed by atoms with Crippen LogP contribution in [0, 0.1) is 24.7 Å². The first-order valence-corrected chi connectivity index (χ1v) is 8.42. The van der Waals surface area contributed by atoms with Crippen LogP contribution in [0.15, 0.2) is 95.2 Å². The third-order valence-electron chi connectivity index (χ3n) is 3.55. The van der Waals surface area contributed by atoms with Gasteiger partial charge in [0.15, 0.2) is 11.6 Å². The van der Waals surface area contributed by atoms with Crippen LogP contribution >= 0.6 is 0 Å².